The van der Waals surface area contributed by atoms with Gasteiger partial charge in [-0.25, -0.2) is 0 Å². The lowest BCUT2D eigenvalue weighted by atomic mass is 9.89. The van der Waals surface area contributed by atoms with E-state index in [0.717, 1.165) is 36.4 Å². The number of amides is 1. The van der Waals surface area contributed by atoms with Gasteiger partial charge in [0.15, 0.2) is 5.84 Å². The molecule has 1 saturated carbocycles. The van der Waals surface area contributed by atoms with Crippen molar-refractivity contribution in [1.82, 2.24) is 9.88 Å². The predicted molar refractivity (Wildman–Crippen MR) is 63.0 cm³/mol. The van der Waals surface area contributed by atoms with Crippen molar-refractivity contribution in [3.8, 4) is 0 Å². The second-order valence-corrected chi connectivity index (χ2v) is 5.00. The Labute approximate surface area is 99.4 Å². The molecule has 1 amide bonds. The second-order valence-electron chi connectivity index (χ2n) is 5.00. The molecule has 2 aliphatic heterocycles. The lowest BCUT2D eigenvalue weighted by molar-refractivity contribution is 0.0770. The topological polar surface area (TPSA) is 45.6 Å². The van der Waals surface area contributed by atoms with Crippen LogP contribution in [0.15, 0.2) is 23.3 Å². The second kappa shape index (κ2) is 3.15. The van der Waals surface area contributed by atoms with Gasteiger partial charge in [0.1, 0.15) is 5.69 Å². The summed E-state index contributed by atoms with van der Waals surface area (Å²) in [6.07, 6.45) is 6.21. The van der Waals surface area contributed by atoms with Crippen LogP contribution in [0.2, 0.25) is 0 Å². The number of amidine groups is 1. The van der Waals surface area contributed by atoms with Crippen molar-refractivity contribution in [2.45, 2.75) is 37.8 Å². The molecule has 2 bridgehead atoms. The van der Waals surface area contributed by atoms with Crippen LogP contribution >= 0.6 is 0 Å². The van der Waals surface area contributed by atoms with Gasteiger partial charge in [0.2, 0.25) is 0 Å². The highest BCUT2D eigenvalue weighted by atomic mass is 16.2. The van der Waals surface area contributed by atoms with E-state index >= 15 is 0 Å². The third-order valence-corrected chi connectivity index (χ3v) is 3.99. The standard InChI is InChI=1S/C13H13N3O/c17-13-10-5-2-6-14-11(10)12-15-8-3-1-4-9(7-8)16(12)13/h2,5-6,8-9H,1,3-4,7H2. The van der Waals surface area contributed by atoms with Crippen LogP contribution in [0, 0.1) is 0 Å². The number of aliphatic imine (C=N–C) groups is 1. The SMILES string of the molecule is O=C1c2cccnc2C2=NC3CCCC(C3)N12. The Morgan fingerprint density at radius 1 is 1.35 bits per heavy atom. The normalized spacial score (nSPS) is 29.8. The molecule has 0 aromatic carbocycles. The summed E-state index contributed by atoms with van der Waals surface area (Å²) in [4.78, 5) is 23.3. The van der Waals surface area contributed by atoms with E-state index in [2.05, 4.69) is 4.98 Å². The molecule has 0 radical (unpaired) electrons. The fraction of sp³-hybridized carbons (Fsp3) is 0.462. The zero-order chi connectivity index (χ0) is 11.4. The highest BCUT2D eigenvalue weighted by Crippen LogP contribution is 2.35. The van der Waals surface area contributed by atoms with E-state index in [1.165, 1.54) is 6.42 Å². The van der Waals surface area contributed by atoms with Crippen molar-refractivity contribution in [2.75, 3.05) is 0 Å². The molecule has 1 aromatic rings. The van der Waals surface area contributed by atoms with E-state index in [0.29, 0.717) is 12.1 Å². The molecular weight excluding hydrogens is 214 g/mol. The van der Waals surface area contributed by atoms with Crippen molar-refractivity contribution in [3.05, 3.63) is 29.6 Å². The van der Waals surface area contributed by atoms with Gasteiger partial charge in [-0.1, -0.05) is 0 Å². The Balaban J connectivity index is 1.92. The Morgan fingerprint density at radius 3 is 3.24 bits per heavy atom. The molecule has 2 atom stereocenters. The molecule has 0 N–H and O–H groups in total. The molecule has 4 nitrogen and oxygen atoms in total. The third-order valence-electron chi connectivity index (χ3n) is 3.99. The number of nitrogens with zero attached hydrogens (tertiary/aromatic N) is 3. The van der Waals surface area contributed by atoms with Gasteiger partial charge in [-0.15, -0.1) is 0 Å². The number of hydrogen-bond acceptors (Lipinski definition) is 3. The quantitative estimate of drug-likeness (QED) is 0.676. The molecule has 17 heavy (non-hydrogen) atoms. The van der Waals surface area contributed by atoms with E-state index in [9.17, 15) is 4.79 Å². The summed E-state index contributed by atoms with van der Waals surface area (Å²) in [6.45, 7) is 0. The van der Waals surface area contributed by atoms with E-state index in [1.807, 2.05) is 17.0 Å². The van der Waals surface area contributed by atoms with Crippen LogP contribution < -0.4 is 0 Å². The molecule has 0 saturated heterocycles. The summed E-state index contributed by atoms with van der Waals surface area (Å²) in [6, 6.07) is 4.43. The van der Waals surface area contributed by atoms with E-state index in [-0.39, 0.29) is 5.91 Å². The number of pyridine rings is 1. The minimum absolute atomic E-state index is 0.0946. The van der Waals surface area contributed by atoms with Crippen molar-refractivity contribution < 1.29 is 4.79 Å². The van der Waals surface area contributed by atoms with Crippen LogP contribution in [0.3, 0.4) is 0 Å². The maximum absolute atomic E-state index is 12.3. The van der Waals surface area contributed by atoms with Crippen LogP contribution in [-0.2, 0) is 0 Å². The summed E-state index contributed by atoms with van der Waals surface area (Å²) < 4.78 is 0. The molecule has 0 spiro atoms. The molecule has 3 aliphatic rings. The summed E-state index contributed by atoms with van der Waals surface area (Å²) in [5, 5.41) is 0. The van der Waals surface area contributed by atoms with Crippen LogP contribution in [0.4, 0.5) is 0 Å². The smallest absolute Gasteiger partial charge is 0.262 e. The first-order valence-electron chi connectivity index (χ1n) is 6.21. The monoisotopic (exact) mass is 227 g/mol. The molecule has 2 unspecified atom stereocenters. The summed E-state index contributed by atoms with van der Waals surface area (Å²) in [7, 11) is 0. The fourth-order valence-electron chi connectivity index (χ4n) is 3.22. The molecule has 4 heteroatoms. The van der Waals surface area contributed by atoms with Crippen molar-refractivity contribution in [3.63, 3.8) is 0 Å². The third kappa shape index (κ3) is 1.15. The van der Waals surface area contributed by atoms with Gasteiger partial charge in [-0.05, 0) is 37.8 Å². The number of rotatable bonds is 0. The lowest BCUT2D eigenvalue weighted by Crippen LogP contribution is -2.47. The van der Waals surface area contributed by atoms with Gasteiger partial charge in [-0.3, -0.25) is 19.7 Å². The maximum atomic E-state index is 12.3. The Kier molecular flexibility index (Phi) is 1.73. The van der Waals surface area contributed by atoms with Gasteiger partial charge in [0.25, 0.3) is 5.91 Å². The maximum Gasteiger partial charge on any atom is 0.262 e. The van der Waals surface area contributed by atoms with Gasteiger partial charge in [-0.2, -0.15) is 0 Å². The summed E-state index contributed by atoms with van der Waals surface area (Å²) in [5.41, 5.74) is 1.51. The molecular formula is C13H13N3O. The van der Waals surface area contributed by atoms with E-state index < -0.39 is 0 Å². The van der Waals surface area contributed by atoms with Crippen LogP contribution in [0.25, 0.3) is 0 Å². The van der Waals surface area contributed by atoms with Crippen LogP contribution in [0.5, 0.6) is 0 Å². The average molecular weight is 227 g/mol. The minimum atomic E-state index is 0.0946. The molecule has 86 valence electrons. The largest absolute Gasteiger partial charge is 0.288 e. The van der Waals surface area contributed by atoms with Crippen molar-refractivity contribution >= 4 is 11.7 Å². The van der Waals surface area contributed by atoms with E-state index in [4.69, 9.17) is 4.99 Å². The molecule has 1 fully saturated rings. The van der Waals surface area contributed by atoms with Crippen molar-refractivity contribution in [1.29, 1.82) is 0 Å². The number of fused-ring (bicyclic) bond motifs is 6. The predicted octanol–water partition coefficient (Wildman–Crippen LogP) is 1.61. The molecule has 1 aliphatic carbocycles. The van der Waals surface area contributed by atoms with Crippen LogP contribution in [0.1, 0.15) is 41.7 Å². The minimum Gasteiger partial charge on any atom is -0.288 e. The Morgan fingerprint density at radius 2 is 2.29 bits per heavy atom. The first-order chi connectivity index (χ1) is 8.34. The van der Waals surface area contributed by atoms with Gasteiger partial charge >= 0.3 is 0 Å². The molecule has 4 rings (SSSR count). The zero-order valence-electron chi connectivity index (χ0n) is 9.47. The number of aromatic nitrogens is 1. The summed E-state index contributed by atoms with van der Waals surface area (Å²) in [5.74, 6) is 0.920. The van der Waals surface area contributed by atoms with Crippen LogP contribution in [-0.4, -0.2) is 33.7 Å². The van der Waals surface area contributed by atoms with E-state index in [1.54, 1.807) is 6.20 Å². The highest BCUT2D eigenvalue weighted by molar-refractivity contribution is 6.22. The number of hydrogen-bond donors (Lipinski definition) is 0. The number of carbonyl (C=O) groups excluding carboxylic acids is 1. The van der Waals surface area contributed by atoms with Crippen molar-refractivity contribution in [2.24, 2.45) is 4.99 Å². The zero-order valence-corrected chi connectivity index (χ0v) is 9.47. The van der Waals surface area contributed by atoms with Gasteiger partial charge in [0, 0.05) is 12.2 Å². The first-order valence-corrected chi connectivity index (χ1v) is 6.21. The number of carbonyl (C=O) groups is 1. The lowest BCUT2D eigenvalue weighted by Gasteiger charge is -2.38. The Hall–Kier alpha value is -1.71. The molecule has 3 heterocycles. The first kappa shape index (κ1) is 9.33. The fourth-order valence-corrected chi connectivity index (χ4v) is 3.22. The summed E-state index contributed by atoms with van der Waals surface area (Å²) >= 11 is 0. The van der Waals surface area contributed by atoms with Gasteiger partial charge < -0.3 is 0 Å². The molecule has 1 aromatic heterocycles. The highest BCUT2D eigenvalue weighted by Gasteiger charge is 2.44. The Bertz CT molecular complexity index is 537. The van der Waals surface area contributed by atoms with Gasteiger partial charge in [0.05, 0.1) is 11.6 Å². The average Bonchev–Trinajstić information content (AvgIpc) is 2.64.